The highest BCUT2D eigenvalue weighted by Gasteiger charge is 2.18. The van der Waals surface area contributed by atoms with E-state index in [1.165, 1.54) is 16.3 Å². The maximum atomic E-state index is 6.09. The van der Waals surface area contributed by atoms with Gasteiger partial charge in [0.25, 0.3) is 0 Å². The molecule has 0 saturated carbocycles. The fourth-order valence-electron chi connectivity index (χ4n) is 2.91. The van der Waals surface area contributed by atoms with Crippen molar-refractivity contribution in [2.24, 2.45) is 11.7 Å². The lowest BCUT2D eigenvalue weighted by Crippen LogP contribution is -2.19. The van der Waals surface area contributed by atoms with Crippen molar-refractivity contribution in [2.45, 2.75) is 25.8 Å². The van der Waals surface area contributed by atoms with Crippen LogP contribution in [0.25, 0.3) is 10.8 Å². The van der Waals surface area contributed by atoms with Crippen LogP contribution in [0.5, 0.6) is 5.75 Å². The number of ether oxygens (including phenoxy) is 2. The normalized spacial score (nSPS) is 19.8. The molecule has 3 rings (SSSR count). The molecule has 2 aromatic rings. The molecule has 1 aliphatic heterocycles. The Bertz CT molecular complexity index is 603. The molecule has 0 amide bonds. The Morgan fingerprint density at radius 3 is 2.90 bits per heavy atom. The van der Waals surface area contributed by atoms with Gasteiger partial charge in [0.1, 0.15) is 5.75 Å². The van der Waals surface area contributed by atoms with E-state index in [2.05, 4.69) is 36.4 Å². The first-order valence-corrected chi connectivity index (χ1v) is 7.71. The molecule has 2 unspecified atom stereocenters. The van der Waals surface area contributed by atoms with Crippen LogP contribution in [0.1, 0.15) is 18.9 Å². The summed E-state index contributed by atoms with van der Waals surface area (Å²) >= 11 is 0. The lowest BCUT2D eigenvalue weighted by molar-refractivity contribution is 0.167. The highest BCUT2D eigenvalue weighted by Crippen LogP contribution is 2.30. The molecule has 21 heavy (non-hydrogen) atoms. The van der Waals surface area contributed by atoms with Gasteiger partial charge in [-0.3, -0.25) is 0 Å². The third-order valence-corrected chi connectivity index (χ3v) is 4.02. The monoisotopic (exact) mass is 285 g/mol. The van der Waals surface area contributed by atoms with E-state index >= 15 is 0 Å². The minimum atomic E-state index is 0.118. The lowest BCUT2D eigenvalue weighted by atomic mass is 9.98. The van der Waals surface area contributed by atoms with Gasteiger partial charge >= 0.3 is 0 Å². The number of nitrogens with two attached hydrogens (primary N) is 1. The number of hydrogen-bond acceptors (Lipinski definition) is 3. The van der Waals surface area contributed by atoms with E-state index in [4.69, 9.17) is 15.2 Å². The fourth-order valence-corrected chi connectivity index (χ4v) is 2.91. The second-order valence-corrected chi connectivity index (χ2v) is 5.99. The molecular formula is C18H23NO2. The first-order chi connectivity index (χ1) is 10.2. The molecule has 0 radical (unpaired) electrons. The highest BCUT2D eigenvalue weighted by molar-refractivity contribution is 5.87. The van der Waals surface area contributed by atoms with Crippen molar-refractivity contribution in [1.82, 2.24) is 0 Å². The van der Waals surface area contributed by atoms with Crippen molar-refractivity contribution < 1.29 is 9.47 Å². The molecule has 2 atom stereocenters. The van der Waals surface area contributed by atoms with E-state index in [9.17, 15) is 0 Å². The summed E-state index contributed by atoms with van der Waals surface area (Å²) in [5.74, 6) is 1.48. The van der Waals surface area contributed by atoms with Crippen LogP contribution < -0.4 is 10.5 Å². The van der Waals surface area contributed by atoms with Crippen LogP contribution in [-0.4, -0.2) is 25.9 Å². The molecule has 2 N–H and O–H groups in total. The van der Waals surface area contributed by atoms with Crippen LogP contribution in [0.15, 0.2) is 36.4 Å². The smallest absolute Gasteiger partial charge is 0.123 e. The zero-order valence-electron chi connectivity index (χ0n) is 12.5. The summed E-state index contributed by atoms with van der Waals surface area (Å²) in [6.45, 7) is 4.44. The van der Waals surface area contributed by atoms with E-state index in [0.717, 1.165) is 38.4 Å². The Morgan fingerprint density at radius 2 is 2.14 bits per heavy atom. The minimum absolute atomic E-state index is 0.118. The predicted octanol–water partition coefficient (Wildman–Crippen LogP) is 3.14. The topological polar surface area (TPSA) is 44.5 Å². The van der Waals surface area contributed by atoms with Crippen molar-refractivity contribution in [3.8, 4) is 5.75 Å². The Hall–Kier alpha value is -1.58. The van der Waals surface area contributed by atoms with Gasteiger partial charge in [-0.15, -0.1) is 0 Å². The molecule has 0 spiro atoms. The van der Waals surface area contributed by atoms with Gasteiger partial charge in [-0.25, -0.2) is 0 Å². The summed E-state index contributed by atoms with van der Waals surface area (Å²) in [5, 5.41) is 2.49. The van der Waals surface area contributed by atoms with Crippen molar-refractivity contribution in [3.63, 3.8) is 0 Å². The molecule has 112 valence electrons. The van der Waals surface area contributed by atoms with Crippen molar-refractivity contribution in [1.29, 1.82) is 0 Å². The van der Waals surface area contributed by atoms with E-state index in [-0.39, 0.29) is 6.04 Å². The lowest BCUT2D eigenvalue weighted by Gasteiger charge is -2.17. The fraction of sp³-hybridized carbons (Fsp3) is 0.444. The summed E-state index contributed by atoms with van der Waals surface area (Å²) in [6, 6.07) is 12.7. The van der Waals surface area contributed by atoms with E-state index in [1.54, 1.807) is 0 Å². The zero-order chi connectivity index (χ0) is 14.7. The molecule has 3 nitrogen and oxygen atoms in total. The van der Waals surface area contributed by atoms with Crippen LogP contribution in [0.4, 0.5) is 0 Å². The van der Waals surface area contributed by atoms with Crippen molar-refractivity contribution >= 4 is 10.8 Å². The van der Waals surface area contributed by atoms with Crippen LogP contribution in [0.2, 0.25) is 0 Å². The number of fused-ring (bicyclic) bond motifs is 1. The summed E-state index contributed by atoms with van der Waals surface area (Å²) in [4.78, 5) is 0. The molecule has 1 aliphatic rings. The second-order valence-electron chi connectivity index (χ2n) is 5.99. The Balaban J connectivity index is 1.88. The third kappa shape index (κ3) is 3.36. The summed E-state index contributed by atoms with van der Waals surface area (Å²) < 4.78 is 11.5. The maximum absolute atomic E-state index is 6.09. The van der Waals surface area contributed by atoms with Gasteiger partial charge in [0.2, 0.25) is 0 Å². The molecule has 2 aromatic carbocycles. The van der Waals surface area contributed by atoms with E-state index in [0.29, 0.717) is 5.92 Å². The van der Waals surface area contributed by atoms with Gasteiger partial charge in [-0.2, -0.15) is 0 Å². The van der Waals surface area contributed by atoms with Gasteiger partial charge in [0.05, 0.1) is 13.2 Å². The Labute approximate surface area is 126 Å². The van der Waals surface area contributed by atoms with Gasteiger partial charge in [0.15, 0.2) is 0 Å². The standard InChI is InChI=1S/C18H23NO2/c1-13(19)10-17-16-5-3-2-4-15(16)6-7-18(17)21-12-14-8-9-20-11-14/h2-7,13-14H,8-12,19H2,1H3. The van der Waals surface area contributed by atoms with Crippen LogP contribution >= 0.6 is 0 Å². The third-order valence-electron chi connectivity index (χ3n) is 4.02. The quantitative estimate of drug-likeness (QED) is 0.918. The van der Waals surface area contributed by atoms with Gasteiger partial charge in [0, 0.05) is 24.1 Å². The number of benzene rings is 2. The predicted molar refractivity (Wildman–Crippen MR) is 85.7 cm³/mol. The van der Waals surface area contributed by atoms with Crippen LogP contribution in [-0.2, 0) is 11.2 Å². The van der Waals surface area contributed by atoms with Crippen molar-refractivity contribution in [3.05, 3.63) is 42.0 Å². The number of hydrogen-bond donors (Lipinski definition) is 1. The molecule has 1 heterocycles. The Kier molecular flexibility index (Phi) is 4.42. The SMILES string of the molecule is CC(N)Cc1c(OCC2CCOC2)ccc2ccccc12. The van der Waals surface area contributed by atoms with E-state index in [1.807, 2.05) is 6.92 Å². The average Bonchev–Trinajstić information content (AvgIpc) is 2.99. The molecule has 1 fully saturated rings. The first kappa shape index (κ1) is 14.4. The van der Waals surface area contributed by atoms with E-state index < -0.39 is 0 Å². The molecule has 3 heteroatoms. The molecule has 0 bridgehead atoms. The first-order valence-electron chi connectivity index (χ1n) is 7.71. The van der Waals surface area contributed by atoms with Crippen molar-refractivity contribution in [2.75, 3.05) is 19.8 Å². The summed E-state index contributed by atoms with van der Waals surface area (Å²) in [7, 11) is 0. The Morgan fingerprint density at radius 1 is 1.29 bits per heavy atom. The summed E-state index contributed by atoms with van der Waals surface area (Å²) in [6.07, 6.45) is 1.92. The van der Waals surface area contributed by atoms with Crippen LogP contribution in [0.3, 0.4) is 0 Å². The average molecular weight is 285 g/mol. The second kappa shape index (κ2) is 6.46. The molecule has 0 aromatic heterocycles. The maximum Gasteiger partial charge on any atom is 0.123 e. The van der Waals surface area contributed by atoms with Gasteiger partial charge in [-0.05, 0) is 36.6 Å². The molecule has 1 saturated heterocycles. The molecule has 0 aliphatic carbocycles. The highest BCUT2D eigenvalue weighted by atomic mass is 16.5. The van der Waals surface area contributed by atoms with Crippen LogP contribution in [0, 0.1) is 5.92 Å². The minimum Gasteiger partial charge on any atom is -0.493 e. The number of rotatable bonds is 5. The molecular weight excluding hydrogens is 262 g/mol. The van der Waals surface area contributed by atoms with Gasteiger partial charge < -0.3 is 15.2 Å². The van der Waals surface area contributed by atoms with Gasteiger partial charge in [-0.1, -0.05) is 30.3 Å². The summed E-state index contributed by atoms with van der Waals surface area (Å²) in [5.41, 5.74) is 7.25. The largest absolute Gasteiger partial charge is 0.493 e. The zero-order valence-corrected chi connectivity index (χ0v) is 12.5.